The minimum Gasteiger partial charge on any atom is -0.497 e. The van der Waals surface area contributed by atoms with E-state index in [0.29, 0.717) is 6.04 Å². The number of nitrogens with zero attached hydrogens (tertiary/aromatic N) is 2. The molecule has 134 valence electrons. The Balaban J connectivity index is 1.63. The maximum atomic E-state index is 12.8. The van der Waals surface area contributed by atoms with Crippen LogP contribution in [0.15, 0.2) is 59.4 Å². The van der Waals surface area contributed by atoms with E-state index in [1.54, 1.807) is 11.8 Å². The largest absolute Gasteiger partial charge is 0.497 e. The van der Waals surface area contributed by atoms with Crippen molar-refractivity contribution in [3.63, 3.8) is 0 Å². The van der Waals surface area contributed by atoms with Gasteiger partial charge in [0.15, 0.2) is 0 Å². The van der Waals surface area contributed by atoms with Crippen LogP contribution in [-0.4, -0.2) is 28.3 Å². The van der Waals surface area contributed by atoms with Crippen LogP contribution in [0.3, 0.4) is 0 Å². The third-order valence-corrected chi connectivity index (χ3v) is 5.22. The number of hydrogen-bond acceptors (Lipinski definition) is 3. The van der Waals surface area contributed by atoms with E-state index in [2.05, 4.69) is 41.2 Å². The lowest BCUT2D eigenvalue weighted by atomic mass is 10.0. The SMILES string of the molecule is COc1cccc(-n2[nH]c3c(c2=O)CCN(C(C)c2ccccc2)C3)c1. The van der Waals surface area contributed by atoms with Gasteiger partial charge in [0.2, 0.25) is 0 Å². The molecule has 0 aliphatic carbocycles. The Bertz CT molecular complexity index is 959. The maximum Gasteiger partial charge on any atom is 0.274 e. The van der Waals surface area contributed by atoms with Gasteiger partial charge in [-0.05, 0) is 31.0 Å². The highest BCUT2D eigenvalue weighted by Crippen LogP contribution is 2.26. The molecule has 26 heavy (non-hydrogen) atoms. The van der Waals surface area contributed by atoms with E-state index in [0.717, 1.165) is 42.2 Å². The Morgan fingerprint density at radius 2 is 1.92 bits per heavy atom. The molecule has 1 aliphatic heterocycles. The molecule has 0 bridgehead atoms. The van der Waals surface area contributed by atoms with Crippen molar-refractivity contribution in [3.8, 4) is 11.4 Å². The van der Waals surface area contributed by atoms with Crippen molar-refractivity contribution < 1.29 is 4.74 Å². The Hall–Kier alpha value is -2.79. The summed E-state index contributed by atoms with van der Waals surface area (Å²) in [5.74, 6) is 0.737. The summed E-state index contributed by atoms with van der Waals surface area (Å²) in [5, 5.41) is 3.31. The number of aromatic nitrogens is 2. The first-order chi connectivity index (χ1) is 12.7. The Morgan fingerprint density at radius 3 is 2.69 bits per heavy atom. The molecule has 0 amide bonds. The predicted molar refractivity (Wildman–Crippen MR) is 102 cm³/mol. The van der Waals surface area contributed by atoms with Crippen LogP contribution in [0.5, 0.6) is 5.75 Å². The number of rotatable bonds is 4. The fraction of sp³-hybridized carbons (Fsp3) is 0.286. The fourth-order valence-electron chi connectivity index (χ4n) is 3.65. The normalized spacial score (nSPS) is 15.5. The van der Waals surface area contributed by atoms with Gasteiger partial charge in [-0.3, -0.25) is 14.8 Å². The van der Waals surface area contributed by atoms with Gasteiger partial charge >= 0.3 is 0 Å². The van der Waals surface area contributed by atoms with Crippen molar-refractivity contribution in [2.75, 3.05) is 13.7 Å². The molecule has 1 atom stereocenters. The van der Waals surface area contributed by atoms with Crippen LogP contribution in [0.1, 0.15) is 29.8 Å². The second kappa shape index (κ2) is 6.84. The average Bonchev–Trinajstić information content (AvgIpc) is 3.04. The Morgan fingerprint density at radius 1 is 1.12 bits per heavy atom. The molecule has 1 aromatic heterocycles. The van der Waals surface area contributed by atoms with Gasteiger partial charge in [-0.1, -0.05) is 36.4 Å². The molecule has 0 radical (unpaired) electrons. The highest BCUT2D eigenvalue weighted by atomic mass is 16.5. The van der Waals surface area contributed by atoms with Crippen LogP contribution in [0.25, 0.3) is 5.69 Å². The lowest BCUT2D eigenvalue weighted by molar-refractivity contribution is 0.189. The molecule has 1 unspecified atom stereocenters. The zero-order chi connectivity index (χ0) is 18.1. The van der Waals surface area contributed by atoms with Gasteiger partial charge in [-0.25, -0.2) is 4.68 Å². The van der Waals surface area contributed by atoms with Gasteiger partial charge in [0.1, 0.15) is 5.75 Å². The van der Waals surface area contributed by atoms with Crippen molar-refractivity contribution >= 4 is 0 Å². The number of H-pyrrole nitrogens is 1. The Labute approximate surface area is 152 Å². The minimum absolute atomic E-state index is 0.0419. The molecule has 0 saturated heterocycles. The number of ether oxygens (including phenoxy) is 1. The number of aromatic amines is 1. The number of benzene rings is 2. The van der Waals surface area contributed by atoms with Gasteiger partial charge in [-0.2, -0.15) is 0 Å². The standard InChI is InChI=1S/C21H23N3O2/c1-15(16-7-4-3-5-8-16)23-12-11-19-20(14-23)22-24(21(19)25)17-9-6-10-18(13-17)26-2/h3-10,13,15,22H,11-12,14H2,1-2H3. The number of fused-ring (bicyclic) bond motifs is 1. The van der Waals surface area contributed by atoms with Gasteiger partial charge in [0.25, 0.3) is 5.56 Å². The molecule has 2 heterocycles. The van der Waals surface area contributed by atoms with Crippen LogP contribution in [0.4, 0.5) is 0 Å². The monoisotopic (exact) mass is 349 g/mol. The van der Waals surface area contributed by atoms with Gasteiger partial charge in [-0.15, -0.1) is 0 Å². The number of hydrogen-bond donors (Lipinski definition) is 1. The minimum atomic E-state index is 0.0419. The molecule has 5 heteroatoms. The van der Waals surface area contributed by atoms with Gasteiger partial charge in [0, 0.05) is 30.8 Å². The van der Waals surface area contributed by atoms with Crippen LogP contribution < -0.4 is 10.3 Å². The summed E-state index contributed by atoms with van der Waals surface area (Å²) in [5.41, 5.74) is 4.04. The van der Waals surface area contributed by atoms with E-state index in [-0.39, 0.29) is 5.56 Å². The first-order valence-electron chi connectivity index (χ1n) is 8.93. The topological polar surface area (TPSA) is 50.3 Å². The molecule has 0 spiro atoms. The van der Waals surface area contributed by atoms with Crippen molar-refractivity contribution in [2.24, 2.45) is 0 Å². The summed E-state index contributed by atoms with van der Waals surface area (Å²) in [7, 11) is 1.63. The summed E-state index contributed by atoms with van der Waals surface area (Å²) in [6, 6.07) is 18.4. The zero-order valence-electron chi connectivity index (χ0n) is 15.1. The number of nitrogens with one attached hydrogen (secondary N) is 1. The van der Waals surface area contributed by atoms with E-state index in [9.17, 15) is 4.79 Å². The molecule has 0 fully saturated rings. The predicted octanol–water partition coefficient (Wildman–Crippen LogP) is 3.29. The summed E-state index contributed by atoms with van der Waals surface area (Å²) < 4.78 is 6.91. The van der Waals surface area contributed by atoms with Gasteiger partial charge < -0.3 is 4.74 Å². The molecular formula is C21H23N3O2. The summed E-state index contributed by atoms with van der Waals surface area (Å²) in [6.07, 6.45) is 0.763. The summed E-state index contributed by atoms with van der Waals surface area (Å²) in [4.78, 5) is 15.2. The molecule has 0 saturated carbocycles. The van der Waals surface area contributed by atoms with Gasteiger partial charge in [0.05, 0.1) is 18.5 Å². The quantitative estimate of drug-likeness (QED) is 0.786. The van der Waals surface area contributed by atoms with Crippen LogP contribution in [0, 0.1) is 0 Å². The van der Waals surface area contributed by atoms with E-state index in [4.69, 9.17) is 4.74 Å². The van der Waals surface area contributed by atoms with Crippen LogP contribution in [0.2, 0.25) is 0 Å². The van der Waals surface area contributed by atoms with Crippen molar-refractivity contribution in [2.45, 2.75) is 25.9 Å². The first-order valence-corrected chi connectivity index (χ1v) is 8.93. The maximum absolute atomic E-state index is 12.8. The van der Waals surface area contributed by atoms with Crippen molar-refractivity contribution in [1.82, 2.24) is 14.7 Å². The Kier molecular flexibility index (Phi) is 4.39. The highest BCUT2D eigenvalue weighted by Gasteiger charge is 2.26. The lowest BCUT2D eigenvalue weighted by Gasteiger charge is -2.32. The van der Waals surface area contributed by atoms with E-state index >= 15 is 0 Å². The summed E-state index contributed by atoms with van der Waals surface area (Å²) >= 11 is 0. The second-order valence-corrected chi connectivity index (χ2v) is 6.72. The molecule has 3 aromatic rings. The van der Waals surface area contributed by atoms with Crippen molar-refractivity contribution in [1.29, 1.82) is 0 Å². The molecule has 4 rings (SSSR count). The molecule has 1 aliphatic rings. The van der Waals surface area contributed by atoms with Crippen LogP contribution in [-0.2, 0) is 13.0 Å². The van der Waals surface area contributed by atoms with Crippen molar-refractivity contribution in [3.05, 3.63) is 81.8 Å². The average molecular weight is 349 g/mol. The fourth-order valence-corrected chi connectivity index (χ4v) is 3.65. The van der Waals surface area contributed by atoms with Crippen LogP contribution >= 0.6 is 0 Å². The smallest absolute Gasteiger partial charge is 0.274 e. The lowest BCUT2D eigenvalue weighted by Crippen LogP contribution is -2.34. The van der Waals surface area contributed by atoms with E-state index in [1.165, 1.54) is 5.56 Å². The van der Waals surface area contributed by atoms with E-state index < -0.39 is 0 Å². The second-order valence-electron chi connectivity index (χ2n) is 6.72. The first kappa shape index (κ1) is 16.7. The highest BCUT2D eigenvalue weighted by molar-refractivity contribution is 5.40. The molecular weight excluding hydrogens is 326 g/mol. The number of methoxy groups -OCH3 is 1. The molecule has 1 N–H and O–H groups in total. The van der Waals surface area contributed by atoms with E-state index in [1.807, 2.05) is 30.3 Å². The zero-order valence-corrected chi connectivity index (χ0v) is 15.1. The third-order valence-electron chi connectivity index (χ3n) is 5.22. The summed E-state index contributed by atoms with van der Waals surface area (Å²) in [6.45, 7) is 3.85. The molecule has 2 aromatic carbocycles. The third kappa shape index (κ3) is 2.95. The molecule has 5 nitrogen and oxygen atoms in total.